The molecule has 8 rings (SSSR count). The van der Waals surface area contributed by atoms with Crippen LogP contribution in [0.15, 0.2) is 170 Å². The number of hydrogen-bond acceptors (Lipinski definition) is 8. The highest BCUT2D eigenvalue weighted by Gasteiger charge is 2.31. The van der Waals surface area contributed by atoms with Crippen LogP contribution in [-0.2, 0) is 25.0 Å². The van der Waals surface area contributed by atoms with Crippen LogP contribution in [-0.4, -0.2) is 22.7 Å². The lowest BCUT2D eigenvalue weighted by atomic mass is 10.0. The zero-order chi connectivity index (χ0) is 51.7. The fourth-order valence-electron chi connectivity index (χ4n) is 6.73. The van der Waals surface area contributed by atoms with Crippen LogP contribution in [0.3, 0.4) is 0 Å². The zero-order valence-corrected chi connectivity index (χ0v) is 43.1. The Morgan fingerprint density at radius 2 is 0.806 bits per heavy atom. The first kappa shape index (κ1) is 54.5. The number of ether oxygens (including phenoxy) is 6. The van der Waals surface area contributed by atoms with E-state index in [1.165, 1.54) is 54.1 Å². The molecule has 0 N–H and O–H groups in total. The molecular weight excluding hydrogens is 1120 g/mol. The molecule has 0 atom stereocenters. The minimum absolute atomic E-state index is 0.278. The van der Waals surface area contributed by atoms with Gasteiger partial charge in [-0.15, -0.1) is 26.3 Å². The lowest BCUT2D eigenvalue weighted by Gasteiger charge is -2.15. The summed E-state index contributed by atoms with van der Waals surface area (Å²) in [6, 6.07) is 49.5. The van der Waals surface area contributed by atoms with Gasteiger partial charge in [0.15, 0.2) is 0 Å². The molecule has 8 aromatic rings. The van der Waals surface area contributed by atoms with Gasteiger partial charge in [0.1, 0.15) is 59.2 Å². The second kappa shape index (κ2) is 26.1. The number of nitrogens with zero attached hydrogens (tertiary/aromatic N) is 2. The SMILES string of the molecule is Cc1cc(OCc2ccccc2)c(Cc2ccc(Oc3ccc(OC(F)(F)F)cc3)cc2)c(C)n1.Cc1cc(OCc2ccccc2)c(I)c(C)n1.FC(F)(F)Oc1ccc(Oc2ccc(CBr)cc2)cc1. The lowest BCUT2D eigenvalue weighted by Crippen LogP contribution is -2.16. The van der Waals surface area contributed by atoms with Gasteiger partial charge in [0.25, 0.3) is 0 Å². The third kappa shape index (κ3) is 18.4. The van der Waals surface area contributed by atoms with Crippen LogP contribution < -0.4 is 28.4 Å². The second-order valence-electron chi connectivity index (χ2n) is 15.9. The molecule has 0 saturated heterocycles. The fourth-order valence-corrected chi connectivity index (χ4v) is 7.54. The predicted octanol–water partition coefficient (Wildman–Crippen LogP) is 16.7. The van der Waals surface area contributed by atoms with Crippen LogP contribution in [0.2, 0.25) is 0 Å². The van der Waals surface area contributed by atoms with Gasteiger partial charge in [-0.1, -0.05) is 101 Å². The summed E-state index contributed by atoms with van der Waals surface area (Å²) >= 11 is 5.61. The number of benzene rings is 6. The molecule has 0 unspecified atom stereocenters. The van der Waals surface area contributed by atoms with Crippen molar-refractivity contribution >= 4 is 38.5 Å². The van der Waals surface area contributed by atoms with Crippen LogP contribution in [0.1, 0.15) is 50.6 Å². The Kier molecular flexibility index (Phi) is 19.7. The molecule has 374 valence electrons. The van der Waals surface area contributed by atoms with E-state index in [1.54, 1.807) is 12.1 Å². The number of pyridine rings is 2. The summed E-state index contributed by atoms with van der Waals surface area (Å²) in [5, 5.41) is 0.747. The van der Waals surface area contributed by atoms with E-state index in [9.17, 15) is 26.3 Å². The highest BCUT2D eigenvalue weighted by atomic mass is 127. The Morgan fingerprint density at radius 3 is 1.22 bits per heavy atom. The number of alkyl halides is 7. The minimum Gasteiger partial charge on any atom is -0.488 e. The molecular formula is C56H48BrF6IN2O6. The normalized spacial score (nSPS) is 11.0. The molecule has 0 aliphatic rings. The average molecular weight is 1170 g/mol. The fraction of sp³-hybridized carbons (Fsp3) is 0.179. The van der Waals surface area contributed by atoms with Gasteiger partial charge in [-0.25, -0.2) is 0 Å². The molecule has 0 bridgehead atoms. The molecule has 0 amide bonds. The highest BCUT2D eigenvalue weighted by Crippen LogP contribution is 2.31. The van der Waals surface area contributed by atoms with E-state index >= 15 is 0 Å². The number of rotatable bonds is 15. The Morgan fingerprint density at radius 1 is 0.444 bits per heavy atom. The van der Waals surface area contributed by atoms with Crippen molar-refractivity contribution in [3.63, 3.8) is 0 Å². The van der Waals surface area contributed by atoms with Crippen molar-refractivity contribution in [2.24, 2.45) is 0 Å². The van der Waals surface area contributed by atoms with Crippen molar-refractivity contribution < 1.29 is 54.8 Å². The topological polar surface area (TPSA) is 81.2 Å². The van der Waals surface area contributed by atoms with Gasteiger partial charge in [0.05, 0.1) is 9.26 Å². The maximum atomic E-state index is 12.3. The van der Waals surface area contributed by atoms with Crippen molar-refractivity contribution in [3.05, 3.63) is 224 Å². The van der Waals surface area contributed by atoms with E-state index in [-0.39, 0.29) is 11.5 Å². The number of aromatic nitrogens is 2. The summed E-state index contributed by atoms with van der Waals surface area (Å²) in [5.41, 5.74) is 9.25. The third-order valence-corrected chi connectivity index (χ3v) is 12.0. The molecule has 0 aliphatic carbocycles. The summed E-state index contributed by atoms with van der Waals surface area (Å²) in [7, 11) is 0. The van der Waals surface area contributed by atoms with Gasteiger partial charge < -0.3 is 28.4 Å². The summed E-state index contributed by atoms with van der Waals surface area (Å²) in [6.07, 6.45) is -8.78. The molecule has 2 heterocycles. The first-order valence-corrected chi connectivity index (χ1v) is 24.3. The van der Waals surface area contributed by atoms with E-state index in [0.717, 1.165) is 65.4 Å². The molecule has 8 nitrogen and oxygen atoms in total. The Bertz CT molecular complexity index is 2930. The van der Waals surface area contributed by atoms with E-state index in [0.29, 0.717) is 42.6 Å². The van der Waals surface area contributed by atoms with Crippen molar-refractivity contribution in [3.8, 4) is 46.0 Å². The molecule has 2 aromatic heterocycles. The summed E-state index contributed by atoms with van der Waals surface area (Å²) < 4.78 is 105. The van der Waals surface area contributed by atoms with Crippen LogP contribution >= 0.6 is 38.5 Å². The molecule has 16 heteroatoms. The van der Waals surface area contributed by atoms with E-state index in [1.807, 2.05) is 125 Å². The number of aryl methyl sites for hydroxylation is 4. The smallest absolute Gasteiger partial charge is 0.488 e. The molecule has 0 saturated carbocycles. The highest BCUT2D eigenvalue weighted by molar-refractivity contribution is 14.1. The largest absolute Gasteiger partial charge is 0.573 e. The first-order valence-electron chi connectivity index (χ1n) is 22.1. The maximum Gasteiger partial charge on any atom is 0.573 e. The van der Waals surface area contributed by atoms with Crippen molar-refractivity contribution in [1.82, 2.24) is 9.97 Å². The van der Waals surface area contributed by atoms with Gasteiger partial charge in [-0.05, 0) is 145 Å². The van der Waals surface area contributed by atoms with E-state index in [2.05, 4.69) is 70.1 Å². The van der Waals surface area contributed by atoms with Gasteiger partial charge in [0, 0.05) is 46.5 Å². The Balaban J connectivity index is 0.000000193. The third-order valence-electron chi connectivity index (χ3n) is 10.1. The second-order valence-corrected chi connectivity index (χ2v) is 17.5. The molecule has 0 spiro atoms. The molecule has 0 aliphatic heterocycles. The minimum atomic E-state index is -4.73. The molecule has 72 heavy (non-hydrogen) atoms. The van der Waals surface area contributed by atoms with Crippen molar-refractivity contribution in [1.29, 1.82) is 0 Å². The van der Waals surface area contributed by atoms with Gasteiger partial charge >= 0.3 is 12.7 Å². The van der Waals surface area contributed by atoms with Gasteiger partial charge in [0.2, 0.25) is 0 Å². The van der Waals surface area contributed by atoms with Crippen molar-refractivity contribution in [2.75, 3.05) is 0 Å². The summed E-state index contributed by atoms with van der Waals surface area (Å²) in [4.78, 5) is 9.00. The molecule has 0 fully saturated rings. The average Bonchev–Trinajstić information content (AvgIpc) is 3.34. The predicted molar refractivity (Wildman–Crippen MR) is 276 cm³/mol. The quantitative estimate of drug-likeness (QED) is 0.0571. The molecule has 6 aromatic carbocycles. The maximum absolute atomic E-state index is 12.3. The molecule has 0 radical (unpaired) electrons. The van der Waals surface area contributed by atoms with Crippen LogP contribution in [0, 0.1) is 31.3 Å². The van der Waals surface area contributed by atoms with Crippen LogP contribution in [0.4, 0.5) is 26.3 Å². The number of hydrogen-bond donors (Lipinski definition) is 0. The van der Waals surface area contributed by atoms with Crippen LogP contribution in [0.5, 0.6) is 46.0 Å². The van der Waals surface area contributed by atoms with E-state index < -0.39 is 12.7 Å². The van der Waals surface area contributed by atoms with Gasteiger partial charge in [-0.3, -0.25) is 9.97 Å². The lowest BCUT2D eigenvalue weighted by molar-refractivity contribution is -0.275. The van der Waals surface area contributed by atoms with E-state index in [4.69, 9.17) is 18.9 Å². The standard InChI is InChI=1S/C28H24F3NO3.C14H10BrF3O2.C14H14INO/c1-19-16-27(33-18-22-6-4-3-5-7-22)26(20(2)32-19)17-21-8-10-23(11-9-21)34-24-12-14-25(15-13-24)35-28(29,30)31;15-9-10-1-3-11(4-2-10)19-12-5-7-13(8-6-12)20-14(16,17)18;1-10-8-13(14(15)11(2)16-10)17-9-12-6-4-3-5-7-12/h3-16H,17-18H2,1-2H3;1-8H,9H2;3-8H,9H2,1-2H3. The number of halogens is 8. The summed E-state index contributed by atoms with van der Waals surface area (Å²) in [6.45, 7) is 8.97. The zero-order valence-electron chi connectivity index (χ0n) is 39.4. The monoisotopic (exact) mass is 1160 g/mol. The Hall–Kier alpha value is -6.79. The van der Waals surface area contributed by atoms with Crippen molar-refractivity contribution in [2.45, 2.75) is 65.4 Å². The van der Waals surface area contributed by atoms with Gasteiger partial charge in [-0.2, -0.15) is 0 Å². The Labute approximate surface area is 436 Å². The first-order chi connectivity index (χ1) is 34.4. The summed E-state index contributed by atoms with van der Waals surface area (Å²) in [5.74, 6) is 3.16. The van der Waals surface area contributed by atoms with Crippen LogP contribution in [0.25, 0.3) is 0 Å².